The van der Waals surface area contributed by atoms with Gasteiger partial charge in [-0.3, -0.25) is 4.79 Å². The van der Waals surface area contributed by atoms with Crippen molar-refractivity contribution in [2.75, 3.05) is 5.75 Å². The number of carboxylic acid groups (broad SMARTS) is 1. The molecule has 0 radical (unpaired) electrons. The van der Waals surface area contributed by atoms with Crippen molar-refractivity contribution < 1.29 is 18.7 Å². The van der Waals surface area contributed by atoms with Crippen molar-refractivity contribution in [1.29, 1.82) is 0 Å². The summed E-state index contributed by atoms with van der Waals surface area (Å²) in [6.07, 6.45) is 0. The number of aliphatic carboxylic acids is 1. The molecule has 0 atom stereocenters. The lowest BCUT2D eigenvalue weighted by atomic mass is 10.2. The largest absolute Gasteiger partial charge is 0.481 e. The number of halogens is 2. The predicted molar refractivity (Wildman–Crippen MR) is 63.1 cm³/mol. The first-order valence-electron chi connectivity index (χ1n) is 4.70. The van der Waals surface area contributed by atoms with Crippen LogP contribution in [0.4, 0.5) is 4.39 Å². The van der Waals surface area contributed by atoms with Crippen LogP contribution >= 0.6 is 23.4 Å². The second kappa shape index (κ2) is 5.36. The number of nitrogens with zero attached hydrogens (tertiary/aromatic N) is 2. The van der Waals surface area contributed by atoms with Gasteiger partial charge in [0, 0.05) is 0 Å². The zero-order valence-electron chi connectivity index (χ0n) is 8.76. The van der Waals surface area contributed by atoms with Crippen LogP contribution in [0.3, 0.4) is 0 Å². The number of hydrogen-bond acceptors (Lipinski definition) is 5. The Labute approximate surface area is 110 Å². The minimum Gasteiger partial charge on any atom is -0.481 e. The van der Waals surface area contributed by atoms with E-state index in [1.54, 1.807) is 0 Å². The van der Waals surface area contributed by atoms with Crippen molar-refractivity contribution in [3.8, 4) is 11.5 Å². The molecule has 2 rings (SSSR count). The standard InChI is InChI=1S/C10H6ClFN2O3S/c11-5-2-1-3-6(12)8(5)9-13-14-10(17-9)18-4-7(15)16/h1-3H,4H2,(H,15,16). The highest BCUT2D eigenvalue weighted by molar-refractivity contribution is 7.99. The van der Waals surface area contributed by atoms with Crippen molar-refractivity contribution in [2.45, 2.75) is 5.22 Å². The minimum absolute atomic E-state index is 0.00819. The molecule has 1 aromatic heterocycles. The molecule has 0 aliphatic rings. The van der Waals surface area contributed by atoms with Gasteiger partial charge in [0.15, 0.2) is 0 Å². The Morgan fingerprint density at radius 2 is 2.28 bits per heavy atom. The van der Waals surface area contributed by atoms with Gasteiger partial charge in [0.2, 0.25) is 0 Å². The van der Waals surface area contributed by atoms with Crippen LogP contribution < -0.4 is 0 Å². The molecule has 2 aromatic rings. The predicted octanol–water partition coefficient (Wildman–Crippen LogP) is 2.71. The van der Waals surface area contributed by atoms with E-state index >= 15 is 0 Å². The van der Waals surface area contributed by atoms with Crippen molar-refractivity contribution in [2.24, 2.45) is 0 Å². The summed E-state index contributed by atoms with van der Waals surface area (Å²) < 4.78 is 18.7. The van der Waals surface area contributed by atoms with Gasteiger partial charge in [0.1, 0.15) is 11.6 Å². The Morgan fingerprint density at radius 3 is 2.94 bits per heavy atom. The molecule has 1 N–H and O–H groups in total. The van der Waals surface area contributed by atoms with Crippen molar-refractivity contribution >= 4 is 29.3 Å². The normalized spacial score (nSPS) is 10.6. The van der Waals surface area contributed by atoms with E-state index in [4.69, 9.17) is 21.1 Å². The lowest BCUT2D eigenvalue weighted by molar-refractivity contribution is -0.133. The van der Waals surface area contributed by atoms with Gasteiger partial charge in [-0.05, 0) is 12.1 Å². The Bertz CT molecular complexity index is 570. The van der Waals surface area contributed by atoms with Gasteiger partial charge in [-0.2, -0.15) is 0 Å². The molecule has 0 spiro atoms. The first-order valence-corrected chi connectivity index (χ1v) is 6.07. The van der Waals surface area contributed by atoms with Crippen LogP contribution in [0, 0.1) is 5.82 Å². The highest BCUT2D eigenvalue weighted by Crippen LogP contribution is 2.31. The van der Waals surface area contributed by atoms with E-state index in [9.17, 15) is 9.18 Å². The van der Waals surface area contributed by atoms with Gasteiger partial charge in [-0.1, -0.05) is 29.4 Å². The molecule has 0 fully saturated rings. The Morgan fingerprint density at radius 1 is 1.50 bits per heavy atom. The number of benzene rings is 1. The second-order valence-corrected chi connectivity index (χ2v) is 4.49. The number of thioether (sulfide) groups is 1. The molecule has 0 saturated heterocycles. The van der Waals surface area contributed by atoms with Crippen LogP contribution in [0.25, 0.3) is 11.5 Å². The van der Waals surface area contributed by atoms with E-state index in [2.05, 4.69) is 10.2 Å². The van der Waals surface area contributed by atoms with Crippen molar-refractivity contribution in [3.05, 3.63) is 29.0 Å². The van der Waals surface area contributed by atoms with Crippen LogP contribution in [0.5, 0.6) is 0 Å². The molecular formula is C10H6ClFN2O3S. The highest BCUT2D eigenvalue weighted by atomic mass is 35.5. The molecule has 1 aromatic carbocycles. The third-order valence-corrected chi connectivity index (χ3v) is 3.02. The summed E-state index contributed by atoms with van der Waals surface area (Å²) >= 11 is 6.68. The van der Waals surface area contributed by atoms with E-state index in [1.165, 1.54) is 18.2 Å². The third kappa shape index (κ3) is 2.80. The minimum atomic E-state index is -1.01. The molecule has 0 aliphatic carbocycles. The summed E-state index contributed by atoms with van der Waals surface area (Å²) in [7, 11) is 0. The van der Waals surface area contributed by atoms with Gasteiger partial charge in [0.05, 0.1) is 10.6 Å². The molecule has 94 valence electrons. The molecule has 18 heavy (non-hydrogen) atoms. The molecule has 0 aliphatic heterocycles. The summed E-state index contributed by atoms with van der Waals surface area (Å²) in [5.41, 5.74) is 0.00819. The number of aromatic nitrogens is 2. The summed E-state index contributed by atoms with van der Waals surface area (Å²) in [4.78, 5) is 10.4. The zero-order valence-corrected chi connectivity index (χ0v) is 10.3. The molecule has 1 heterocycles. The van der Waals surface area contributed by atoms with Crippen LogP contribution in [0.15, 0.2) is 27.8 Å². The summed E-state index contributed by atoms with van der Waals surface area (Å²) in [5, 5.41) is 15.9. The van der Waals surface area contributed by atoms with E-state index in [-0.39, 0.29) is 27.5 Å². The summed E-state index contributed by atoms with van der Waals surface area (Å²) in [5.74, 6) is -1.89. The molecule has 0 unspecified atom stereocenters. The summed E-state index contributed by atoms with van der Waals surface area (Å²) in [6.45, 7) is 0. The van der Waals surface area contributed by atoms with E-state index < -0.39 is 11.8 Å². The van der Waals surface area contributed by atoms with Crippen LogP contribution in [-0.2, 0) is 4.79 Å². The zero-order chi connectivity index (χ0) is 13.1. The van der Waals surface area contributed by atoms with E-state index in [0.717, 1.165) is 11.8 Å². The van der Waals surface area contributed by atoms with Gasteiger partial charge < -0.3 is 9.52 Å². The SMILES string of the molecule is O=C(O)CSc1nnc(-c2c(F)cccc2Cl)o1. The molecular weight excluding hydrogens is 283 g/mol. The number of carbonyl (C=O) groups is 1. The third-order valence-electron chi connectivity index (χ3n) is 1.90. The smallest absolute Gasteiger partial charge is 0.314 e. The Balaban J connectivity index is 2.27. The first-order chi connectivity index (χ1) is 8.58. The number of rotatable bonds is 4. The van der Waals surface area contributed by atoms with Gasteiger partial charge in [0.25, 0.3) is 11.1 Å². The van der Waals surface area contributed by atoms with Gasteiger partial charge in [-0.25, -0.2) is 4.39 Å². The quantitative estimate of drug-likeness (QED) is 0.872. The van der Waals surface area contributed by atoms with Crippen molar-refractivity contribution in [3.63, 3.8) is 0 Å². The molecule has 0 amide bonds. The fourth-order valence-corrected chi connectivity index (χ4v) is 1.92. The molecule has 8 heteroatoms. The van der Waals surface area contributed by atoms with Crippen LogP contribution in [0.1, 0.15) is 0 Å². The highest BCUT2D eigenvalue weighted by Gasteiger charge is 2.17. The second-order valence-electron chi connectivity index (χ2n) is 3.15. The van der Waals surface area contributed by atoms with Gasteiger partial charge in [-0.15, -0.1) is 10.2 Å². The average molecular weight is 289 g/mol. The fraction of sp³-hybridized carbons (Fsp3) is 0.100. The van der Waals surface area contributed by atoms with Crippen LogP contribution in [-0.4, -0.2) is 27.0 Å². The first kappa shape index (κ1) is 12.8. The molecule has 0 saturated carbocycles. The van der Waals surface area contributed by atoms with E-state index in [1.807, 2.05) is 0 Å². The average Bonchev–Trinajstić information content (AvgIpc) is 2.75. The van der Waals surface area contributed by atoms with Crippen molar-refractivity contribution in [1.82, 2.24) is 10.2 Å². The topological polar surface area (TPSA) is 76.2 Å². The number of hydrogen-bond donors (Lipinski definition) is 1. The van der Waals surface area contributed by atoms with E-state index in [0.29, 0.717) is 0 Å². The Kier molecular flexibility index (Phi) is 3.83. The maximum Gasteiger partial charge on any atom is 0.314 e. The summed E-state index contributed by atoms with van der Waals surface area (Å²) in [6, 6.07) is 4.17. The Hall–Kier alpha value is -1.60. The molecule has 5 nitrogen and oxygen atoms in total. The fourth-order valence-electron chi connectivity index (χ4n) is 1.19. The van der Waals surface area contributed by atoms with Crippen LogP contribution in [0.2, 0.25) is 5.02 Å². The lowest BCUT2D eigenvalue weighted by Crippen LogP contribution is -1.97. The molecule has 0 bridgehead atoms. The van der Waals surface area contributed by atoms with Gasteiger partial charge >= 0.3 is 5.97 Å². The maximum atomic E-state index is 13.5. The number of carboxylic acids is 1. The maximum absolute atomic E-state index is 13.5. The lowest BCUT2D eigenvalue weighted by Gasteiger charge is -1.99. The monoisotopic (exact) mass is 288 g/mol.